The van der Waals surface area contributed by atoms with Crippen LogP contribution < -0.4 is 4.74 Å². The maximum absolute atomic E-state index is 12.1. The third kappa shape index (κ3) is 5.12. The number of esters is 1. The summed E-state index contributed by atoms with van der Waals surface area (Å²) in [7, 11) is 0. The van der Waals surface area contributed by atoms with Crippen molar-refractivity contribution in [2.45, 2.75) is 6.42 Å². The molecule has 0 aliphatic rings. The molecule has 134 valence electrons. The van der Waals surface area contributed by atoms with Gasteiger partial charge in [0.05, 0.1) is 4.92 Å². The molecule has 3 aromatic carbocycles. The van der Waals surface area contributed by atoms with Gasteiger partial charge in [0.2, 0.25) is 0 Å². The first-order valence-corrected chi connectivity index (χ1v) is 8.38. The number of non-ortho nitro benzene ring substituents is 1. The van der Waals surface area contributed by atoms with Crippen molar-refractivity contribution in [3.63, 3.8) is 0 Å². The minimum atomic E-state index is -0.506. The fourth-order valence-corrected chi connectivity index (χ4v) is 2.58. The lowest BCUT2D eigenvalue weighted by atomic mass is 10.0. The van der Waals surface area contributed by atoms with E-state index in [9.17, 15) is 14.9 Å². The zero-order valence-electron chi connectivity index (χ0n) is 14.4. The summed E-state index contributed by atoms with van der Waals surface area (Å²) >= 11 is 0. The predicted molar refractivity (Wildman–Crippen MR) is 103 cm³/mol. The lowest BCUT2D eigenvalue weighted by Gasteiger charge is -2.09. The number of hydrogen-bond acceptors (Lipinski definition) is 4. The van der Waals surface area contributed by atoms with Crippen LogP contribution in [0.25, 0.3) is 6.08 Å². The number of rotatable bonds is 6. The van der Waals surface area contributed by atoms with Crippen LogP contribution in [0.15, 0.2) is 84.9 Å². The van der Waals surface area contributed by atoms with E-state index in [2.05, 4.69) is 0 Å². The molecule has 0 atom stereocenters. The number of carbonyl (C=O) groups is 1. The highest BCUT2D eigenvalue weighted by atomic mass is 16.6. The summed E-state index contributed by atoms with van der Waals surface area (Å²) in [5.41, 5.74) is 2.72. The second kappa shape index (κ2) is 8.58. The third-order valence-corrected chi connectivity index (χ3v) is 3.94. The fourth-order valence-electron chi connectivity index (χ4n) is 2.58. The molecule has 0 bridgehead atoms. The van der Waals surface area contributed by atoms with Gasteiger partial charge in [-0.2, -0.15) is 0 Å². The van der Waals surface area contributed by atoms with Crippen molar-refractivity contribution < 1.29 is 14.5 Å². The van der Waals surface area contributed by atoms with Crippen molar-refractivity contribution in [3.8, 4) is 5.75 Å². The largest absolute Gasteiger partial charge is 0.423 e. The summed E-state index contributed by atoms with van der Waals surface area (Å²) in [6, 6.07) is 23.3. The summed E-state index contributed by atoms with van der Waals surface area (Å²) < 4.78 is 5.47. The molecule has 0 unspecified atom stereocenters. The van der Waals surface area contributed by atoms with Crippen molar-refractivity contribution in [2.24, 2.45) is 0 Å². The number of benzene rings is 3. The van der Waals surface area contributed by atoms with Crippen LogP contribution in [-0.4, -0.2) is 10.9 Å². The van der Waals surface area contributed by atoms with E-state index >= 15 is 0 Å². The monoisotopic (exact) mass is 359 g/mol. The van der Waals surface area contributed by atoms with E-state index in [0.717, 1.165) is 11.1 Å². The summed E-state index contributed by atoms with van der Waals surface area (Å²) in [6.45, 7) is 0. The molecule has 0 fully saturated rings. The molecule has 0 spiro atoms. The van der Waals surface area contributed by atoms with Gasteiger partial charge in [-0.3, -0.25) is 10.1 Å². The van der Waals surface area contributed by atoms with Gasteiger partial charge in [-0.15, -0.1) is 0 Å². The number of para-hydroxylation sites is 1. The van der Waals surface area contributed by atoms with Crippen LogP contribution in [0.5, 0.6) is 5.75 Å². The second-order valence-corrected chi connectivity index (χ2v) is 5.87. The van der Waals surface area contributed by atoms with Gasteiger partial charge in [-0.1, -0.05) is 48.5 Å². The smallest absolute Gasteiger partial charge is 0.336 e. The Labute approximate surface area is 156 Å². The molecule has 0 saturated heterocycles. The highest BCUT2D eigenvalue weighted by Crippen LogP contribution is 2.22. The van der Waals surface area contributed by atoms with E-state index in [4.69, 9.17) is 4.74 Å². The van der Waals surface area contributed by atoms with Crippen LogP contribution >= 0.6 is 0 Å². The third-order valence-electron chi connectivity index (χ3n) is 3.94. The van der Waals surface area contributed by atoms with Gasteiger partial charge in [0.15, 0.2) is 0 Å². The maximum Gasteiger partial charge on any atom is 0.336 e. The Morgan fingerprint density at radius 1 is 0.926 bits per heavy atom. The molecule has 0 heterocycles. The van der Waals surface area contributed by atoms with Crippen molar-refractivity contribution in [1.29, 1.82) is 0 Å². The van der Waals surface area contributed by atoms with E-state index < -0.39 is 10.9 Å². The molecule has 3 rings (SSSR count). The van der Waals surface area contributed by atoms with Gasteiger partial charge < -0.3 is 4.74 Å². The Hall–Kier alpha value is -3.73. The summed E-state index contributed by atoms with van der Waals surface area (Å²) in [5, 5.41) is 10.7. The number of nitro groups is 1. The number of hydrogen-bond donors (Lipinski definition) is 0. The van der Waals surface area contributed by atoms with Crippen LogP contribution in [0.2, 0.25) is 0 Å². The number of ether oxygens (including phenoxy) is 1. The van der Waals surface area contributed by atoms with E-state index in [1.165, 1.54) is 18.2 Å². The van der Waals surface area contributed by atoms with E-state index in [1.807, 2.05) is 48.5 Å². The molecule has 0 N–H and O–H groups in total. The molecule has 0 aliphatic carbocycles. The predicted octanol–water partition coefficient (Wildman–Crippen LogP) is 4.80. The fraction of sp³-hybridized carbons (Fsp3) is 0.0455. The quantitative estimate of drug-likeness (QED) is 0.208. The van der Waals surface area contributed by atoms with Crippen LogP contribution in [0, 0.1) is 10.1 Å². The minimum absolute atomic E-state index is 0.00423. The van der Waals surface area contributed by atoms with Crippen LogP contribution in [-0.2, 0) is 11.2 Å². The second-order valence-electron chi connectivity index (χ2n) is 5.87. The SMILES string of the molecule is O=C(/C=C/c1ccc([N+](=O)[O-])cc1)Oc1ccccc1Cc1ccccc1. The standard InChI is InChI=1S/C22H17NO4/c24-22(15-12-17-10-13-20(14-11-17)23(25)26)27-21-9-5-4-8-19(21)16-18-6-2-1-3-7-18/h1-15H,16H2/b15-12+. The van der Waals surface area contributed by atoms with Gasteiger partial charge in [0.1, 0.15) is 5.75 Å². The Kier molecular flexibility index (Phi) is 5.74. The summed E-state index contributed by atoms with van der Waals surface area (Å²) in [4.78, 5) is 22.3. The molecule has 27 heavy (non-hydrogen) atoms. The highest BCUT2D eigenvalue weighted by molar-refractivity contribution is 5.88. The highest BCUT2D eigenvalue weighted by Gasteiger charge is 2.08. The van der Waals surface area contributed by atoms with Crippen molar-refractivity contribution >= 4 is 17.7 Å². The van der Waals surface area contributed by atoms with Crippen LogP contribution in [0.4, 0.5) is 5.69 Å². The molecular formula is C22H17NO4. The van der Waals surface area contributed by atoms with Crippen molar-refractivity contribution in [2.75, 3.05) is 0 Å². The summed E-state index contributed by atoms with van der Waals surface area (Å²) in [6.07, 6.45) is 3.53. The topological polar surface area (TPSA) is 69.4 Å². The number of nitrogens with zero attached hydrogens (tertiary/aromatic N) is 1. The molecule has 5 heteroatoms. The Balaban J connectivity index is 1.68. The maximum atomic E-state index is 12.1. The van der Waals surface area contributed by atoms with Crippen LogP contribution in [0.1, 0.15) is 16.7 Å². The molecule has 3 aromatic rings. The Bertz CT molecular complexity index is 963. The van der Waals surface area contributed by atoms with Crippen LogP contribution in [0.3, 0.4) is 0 Å². The van der Waals surface area contributed by atoms with E-state index in [0.29, 0.717) is 17.7 Å². The lowest BCUT2D eigenvalue weighted by molar-refractivity contribution is -0.384. The number of nitro benzene ring substituents is 1. The number of carbonyl (C=O) groups excluding carboxylic acids is 1. The van der Waals surface area contributed by atoms with E-state index in [-0.39, 0.29) is 5.69 Å². The molecular weight excluding hydrogens is 342 g/mol. The zero-order chi connectivity index (χ0) is 19.1. The average molecular weight is 359 g/mol. The zero-order valence-corrected chi connectivity index (χ0v) is 14.4. The molecule has 0 aromatic heterocycles. The molecule has 0 radical (unpaired) electrons. The van der Waals surface area contributed by atoms with Gasteiger partial charge in [-0.25, -0.2) is 4.79 Å². The molecule has 0 amide bonds. The van der Waals surface area contributed by atoms with E-state index in [1.54, 1.807) is 24.3 Å². The molecule has 5 nitrogen and oxygen atoms in total. The first-order valence-electron chi connectivity index (χ1n) is 8.38. The van der Waals surface area contributed by atoms with Gasteiger partial charge >= 0.3 is 5.97 Å². The van der Waals surface area contributed by atoms with Crippen molar-refractivity contribution in [3.05, 3.63) is 112 Å². The lowest BCUT2D eigenvalue weighted by Crippen LogP contribution is -2.06. The van der Waals surface area contributed by atoms with Gasteiger partial charge in [-0.05, 0) is 41.0 Å². The molecule has 0 saturated carbocycles. The Morgan fingerprint density at radius 2 is 1.59 bits per heavy atom. The normalized spacial score (nSPS) is 10.7. The first kappa shape index (κ1) is 18.1. The Morgan fingerprint density at radius 3 is 2.30 bits per heavy atom. The van der Waals surface area contributed by atoms with Crippen molar-refractivity contribution in [1.82, 2.24) is 0 Å². The minimum Gasteiger partial charge on any atom is -0.423 e. The van der Waals surface area contributed by atoms with Gasteiger partial charge in [0, 0.05) is 24.6 Å². The van der Waals surface area contributed by atoms with Gasteiger partial charge in [0.25, 0.3) is 5.69 Å². The summed E-state index contributed by atoms with van der Waals surface area (Å²) in [5.74, 6) is 0.00793. The first-order chi connectivity index (χ1) is 13.1. The average Bonchev–Trinajstić information content (AvgIpc) is 2.69. The molecule has 0 aliphatic heterocycles.